The second kappa shape index (κ2) is 12.6. The molecule has 0 fully saturated rings. The average molecular weight is 510 g/mol. The molecule has 1 atom stereocenters. The number of sulfonamides is 1. The molecule has 0 aliphatic heterocycles. The molecule has 2 rings (SSSR count). The second-order valence-electron chi connectivity index (χ2n) is 7.75. The standard InChI is InChI=1S/C24H32ClN3O5S/c1-5-15-26-24(30)18(3)27(16-19-11-7-8-12-20(19)25)23(29)17-28(34(4,31)32)21-13-9-10-14-22(21)33-6-2/h7-14,18H,5-6,15-17H2,1-4H3,(H,26,30). The molecule has 2 aromatic carbocycles. The van der Waals surface area contributed by atoms with Crippen LogP contribution in [-0.2, 0) is 26.2 Å². The molecule has 0 radical (unpaired) electrons. The van der Waals surface area contributed by atoms with Gasteiger partial charge in [0.1, 0.15) is 18.3 Å². The van der Waals surface area contributed by atoms with Crippen LogP contribution in [0.5, 0.6) is 5.75 Å². The van der Waals surface area contributed by atoms with Gasteiger partial charge in [-0.25, -0.2) is 8.42 Å². The Bertz CT molecular complexity index is 1090. The molecule has 0 bridgehead atoms. The van der Waals surface area contributed by atoms with Crippen molar-refractivity contribution >= 4 is 39.1 Å². The van der Waals surface area contributed by atoms with Crippen LogP contribution in [0.15, 0.2) is 48.5 Å². The molecule has 34 heavy (non-hydrogen) atoms. The summed E-state index contributed by atoms with van der Waals surface area (Å²) in [7, 11) is -3.85. The molecule has 1 unspecified atom stereocenters. The number of hydrogen-bond donors (Lipinski definition) is 1. The third kappa shape index (κ3) is 7.36. The number of amides is 2. The maximum absolute atomic E-state index is 13.5. The quantitative estimate of drug-likeness (QED) is 0.472. The number of anilines is 1. The largest absolute Gasteiger partial charge is 0.492 e. The van der Waals surface area contributed by atoms with Gasteiger partial charge in [0.2, 0.25) is 21.8 Å². The van der Waals surface area contributed by atoms with Crippen molar-refractivity contribution in [3.63, 3.8) is 0 Å². The van der Waals surface area contributed by atoms with E-state index in [0.717, 1.165) is 17.0 Å². The molecule has 0 saturated carbocycles. The zero-order valence-corrected chi connectivity index (χ0v) is 21.5. The molecular weight excluding hydrogens is 478 g/mol. The normalized spacial score (nSPS) is 12.0. The molecule has 0 aliphatic rings. The Labute approximate surface area is 206 Å². The number of hydrogen-bond acceptors (Lipinski definition) is 5. The summed E-state index contributed by atoms with van der Waals surface area (Å²) in [4.78, 5) is 27.6. The van der Waals surface area contributed by atoms with Crippen LogP contribution < -0.4 is 14.4 Å². The SMILES string of the molecule is CCCNC(=O)C(C)N(Cc1ccccc1Cl)C(=O)CN(c1ccccc1OCC)S(C)(=O)=O. The molecule has 0 saturated heterocycles. The Morgan fingerprint density at radius 3 is 2.35 bits per heavy atom. The van der Waals surface area contributed by atoms with Crippen LogP contribution in [0.3, 0.4) is 0 Å². The van der Waals surface area contributed by atoms with Crippen molar-refractivity contribution in [3.8, 4) is 5.75 Å². The highest BCUT2D eigenvalue weighted by Gasteiger charge is 2.31. The van der Waals surface area contributed by atoms with Crippen molar-refractivity contribution in [1.82, 2.24) is 10.2 Å². The van der Waals surface area contributed by atoms with Crippen LogP contribution in [0.4, 0.5) is 5.69 Å². The van der Waals surface area contributed by atoms with Crippen LogP contribution in [0.25, 0.3) is 0 Å². The lowest BCUT2D eigenvalue weighted by atomic mass is 10.1. The van der Waals surface area contributed by atoms with E-state index in [4.69, 9.17) is 16.3 Å². The Hall–Kier alpha value is -2.78. The second-order valence-corrected chi connectivity index (χ2v) is 10.1. The predicted molar refractivity (Wildman–Crippen MR) is 135 cm³/mol. The number of carbonyl (C=O) groups is 2. The summed E-state index contributed by atoms with van der Waals surface area (Å²) in [6.45, 7) is 5.66. The molecular formula is C24H32ClN3O5S. The van der Waals surface area contributed by atoms with E-state index in [-0.39, 0.29) is 18.1 Å². The van der Waals surface area contributed by atoms with E-state index in [0.29, 0.717) is 29.5 Å². The summed E-state index contributed by atoms with van der Waals surface area (Å²) >= 11 is 6.31. The molecule has 1 N–H and O–H groups in total. The number of ether oxygens (including phenoxy) is 1. The van der Waals surface area contributed by atoms with Gasteiger partial charge in [0.15, 0.2) is 0 Å². The minimum absolute atomic E-state index is 0.0456. The Morgan fingerprint density at radius 2 is 1.74 bits per heavy atom. The minimum atomic E-state index is -3.85. The number of halogens is 1. The van der Waals surface area contributed by atoms with Crippen LogP contribution in [0.1, 0.15) is 32.8 Å². The maximum Gasteiger partial charge on any atom is 0.244 e. The lowest BCUT2D eigenvalue weighted by Crippen LogP contribution is -2.51. The van der Waals surface area contributed by atoms with E-state index in [1.807, 2.05) is 6.92 Å². The minimum Gasteiger partial charge on any atom is -0.492 e. The maximum atomic E-state index is 13.5. The van der Waals surface area contributed by atoms with Gasteiger partial charge in [0.05, 0.1) is 18.6 Å². The molecule has 0 spiro atoms. The highest BCUT2D eigenvalue weighted by Crippen LogP contribution is 2.30. The molecule has 0 aliphatic carbocycles. The third-order valence-corrected chi connectivity index (χ3v) is 6.62. The number of rotatable bonds is 12. The monoisotopic (exact) mass is 509 g/mol. The molecule has 0 aromatic heterocycles. The first-order chi connectivity index (χ1) is 16.1. The fourth-order valence-corrected chi connectivity index (χ4v) is 4.37. The summed E-state index contributed by atoms with van der Waals surface area (Å²) in [5.41, 5.74) is 0.897. The van der Waals surface area contributed by atoms with E-state index < -0.39 is 28.5 Å². The Kier molecular flexibility index (Phi) is 10.2. The fourth-order valence-electron chi connectivity index (χ4n) is 3.32. The molecule has 0 heterocycles. The van der Waals surface area contributed by atoms with E-state index in [9.17, 15) is 18.0 Å². The Balaban J connectivity index is 2.43. The number of benzene rings is 2. The van der Waals surface area contributed by atoms with E-state index in [1.165, 1.54) is 4.90 Å². The van der Waals surface area contributed by atoms with Gasteiger partial charge in [-0.1, -0.05) is 48.9 Å². The van der Waals surface area contributed by atoms with Crippen LogP contribution in [0, 0.1) is 0 Å². The zero-order valence-electron chi connectivity index (χ0n) is 20.0. The molecule has 186 valence electrons. The molecule has 8 nitrogen and oxygen atoms in total. The topological polar surface area (TPSA) is 96.0 Å². The summed E-state index contributed by atoms with van der Waals surface area (Å²) in [6.07, 6.45) is 1.77. The molecule has 2 aromatic rings. The fraction of sp³-hybridized carbons (Fsp3) is 0.417. The van der Waals surface area contributed by atoms with E-state index in [1.54, 1.807) is 62.4 Å². The van der Waals surface area contributed by atoms with Crippen molar-refractivity contribution < 1.29 is 22.7 Å². The van der Waals surface area contributed by atoms with E-state index >= 15 is 0 Å². The van der Waals surface area contributed by atoms with Crippen molar-refractivity contribution in [2.45, 2.75) is 39.8 Å². The number of carbonyl (C=O) groups excluding carboxylic acids is 2. The van der Waals surface area contributed by atoms with Crippen molar-refractivity contribution in [1.29, 1.82) is 0 Å². The summed E-state index contributed by atoms with van der Waals surface area (Å²) in [6, 6.07) is 12.8. The van der Waals surface area contributed by atoms with Gasteiger partial charge in [-0.15, -0.1) is 0 Å². The van der Waals surface area contributed by atoms with Crippen LogP contribution in [0.2, 0.25) is 5.02 Å². The highest BCUT2D eigenvalue weighted by atomic mass is 35.5. The summed E-state index contributed by atoms with van der Waals surface area (Å²) < 4.78 is 32.0. The van der Waals surface area contributed by atoms with Gasteiger partial charge in [-0.3, -0.25) is 13.9 Å². The molecule has 10 heteroatoms. The van der Waals surface area contributed by atoms with Crippen molar-refractivity contribution in [2.75, 3.05) is 30.3 Å². The summed E-state index contributed by atoms with van der Waals surface area (Å²) in [5.74, 6) is -0.534. The van der Waals surface area contributed by atoms with Gasteiger partial charge < -0.3 is 15.0 Å². The zero-order chi connectivity index (χ0) is 25.3. The average Bonchev–Trinajstić information content (AvgIpc) is 2.80. The van der Waals surface area contributed by atoms with Gasteiger partial charge in [0, 0.05) is 18.1 Å². The number of nitrogens with zero attached hydrogens (tertiary/aromatic N) is 2. The van der Waals surface area contributed by atoms with Gasteiger partial charge in [-0.2, -0.15) is 0 Å². The smallest absolute Gasteiger partial charge is 0.244 e. The first kappa shape index (κ1) is 27.5. The first-order valence-corrected chi connectivity index (χ1v) is 13.3. The lowest BCUT2D eigenvalue weighted by Gasteiger charge is -2.32. The molecule has 2 amide bonds. The van der Waals surface area contributed by atoms with Crippen LogP contribution >= 0.6 is 11.6 Å². The first-order valence-electron chi connectivity index (χ1n) is 11.1. The number of para-hydroxylation sites is 2. The third-order valence-electron chi connectivity index (χ3n) is 5.13. The predicted octanol–water partition coefficient (Wildman–Crippen LogP) is 3.45. The number of nitrogens with one attached hydrogen (secondary N) is 1. The van der Waals surface area contributed by atoms with Gasteiger partial charge in [-0.05, 0) is 44.0 Å². The van der Waals surface area contributed by atoms with Crippen molar-refractivity contribution in [2.24, 2.45) is 0 Å². The Morgan fingerprint density at radius 1 is 1.09 bits per heavy atom. The van der Waals surface area contributed by atoms with Gasteiger partial charge in [0.25, 0.3) is 0 Å². The lowest BCUT2D eigenvalue weighted by molar-refractivity contribution is -0.139. The van der Waals surface area contributed by atoms with Gasteiger partial charge >= 0.3 is 0 Å². The van der Waals surface area contributed by atoms with E-state index in [2.05, 4.69) is 5.32 Å². The highest BCUT2D eigenvalue weighted by molar-refractivity contribution is 7.92. The van der Waals surface area contributed by atoms with Crippen molar-refractivity contribution in [3.05, 3.63) is 59.1 Å². The van der Waals surface area contributed by atoms with Crippen LogP contribution in [-0.4, -0.2) is 57.1 Å². The summed E-state index contributed by atoms with van der Waals surface area (Å²) in [5, 5.41) is 3.24.